The first kappa shape index (κ1) is 16.1. The summed E-state index contributed by atoms with van der Waals surface area (Å²) in [5.74, 6) is 1.41. The fourth-order valence-corrected chi connectivity index (χ4v) is 5.26. The summed E-state index contributed by atoms with van der Waals surface area (Å²) in [6, 6.07) is 5.22. The third kappa shape index (κ3) is 2.19. The van der Waals surface area contributed by atoms with Gasteiger partial charge in [0.15, 0.2) is 0 Å². The molecule has 1 saturated heterocycles. The van der Waals surface area contributed by atoms with E-state index in [2.05, 4.69) is 17.3 Å². The van der Waals surface area contributed by atoms with Crippen molar-refractivity contribution in [2.24, 2.45) is 40.6 Å². The van der Waals surface area contributed by atoms with Crippen LogP contribution in [-0.4, -0.2) is 29.6 Å². The van der Waals surface area contributed by atoms with Crippen molar-refractivity contribution in [2.45, 2.75) is 13.3 Å². The molecule has 1 aromatic carbocycles. The minimum absolute atomic E-state index is 0.166. The number of nitrogens with zero attached hydrogens (tertiary/aromatic N) is 2. The minimum Gasteiger partial charge on any atom is -0.493 e. The Bertz CT molecular complexity index is 829. The molecule has 2 saturated carbocycles. The van der Waals surface area contributed by atoms with Crippen LogP contribution in [0.1, 0.15) is 18.9 Å². The number of allylic oxidation sites excluding steroid dienone is 2. The Balaban J connectivity index is 1.44. The molecule has 1 aromatic rings. The van der Waals surface area contributed by atoms with E-state index in [0.717, 1.165) is 11.4 Å². The van der Waals surface area contributed by atoms with Crippen molar-refractivity contribution in [1.29, 1.82) is 0 Å². The highest BCUT2D eigenvalue weighted by Crippen LogP contribution is 2.65. The standard InChI is InChI=1S/C20H19ClN2O3/c1-2-26-16-6-3-11(21)7-10(16)9-22-23-19(24)17-12-4-5-13(15-8-14(12)15)18(17)20(23)25/h3-7,9,12-15,17-18H,2,8H2,1H3/b22-9-/t12-,13+,14+,15-,17+,18-. The Kier molecular flexibility index (Phi) is 3.51. The first-order valence-electron chi connectivity index (χ1n) is 9.12. The van der Waals surface area contributed by atoms with Gasteiger partial charge >= 0.3 is 0 Å². The molecule has 6 heteroatoms. The van der Waals surface area contributed by atoms with Gasteiger partial charge in [-0.3, -0.25) is 9.59 Å². The zero-order chi connectivity index (χ0) is 18.0. The van der Waals surface area contributed by atoms with Gasteiger partial charge in [0.1, 0.15) is 5.75 Å². The van der Waals surface area contributed by atoms with Crippen LogP contribution in [0.3, 0.4) is 0 Å². The number of hydrazone groups is 1. The van der Waals surface area contributed by atoms with Crippen LogP contribution < -0.4 is 4.74 Å². The summed E-state index contributed by atoms with van der Waals surface area (Å²) in [6.07, 6.45) is 6.96. The van der Waals surface area contributed by atoms with Crippen molar-refractivity contribution < 1.29 is 14.3 Å². The third-order valence-corrected chi connectivity index (χ3v) is 6.46. The SMILES string of the molecule is CCOc1ccc(Cl)cc1/C=N\N1C(=O)[C@@H]2[C@H]3C=C[C@H]([C@@H]4C[C@H]34)[C@@H]2C1=O. The van der Waals surface area contributed by atoms with E-state index in [-0.39, 0.29) is 35.5 Å². The normalized spacial score (nSPS) is 36.6. The predicted octanol–water partition coefficient (Wildman–Crippen LogP) is 3.13. The number of ether oxygens (including phenoxy) is 1. The maximum absolute atomic E-state index is 12.9. The maximum atomic E-state index is 12.9. The molecule has 0 N–H and O–H groups in total. The topological polar surface area (TPSA) is 59.0 Å². The van der Waals surface area contributed by atoms with E-state index in [1.54, 1.807) is 18.2 Å². The highest BCUT2D eigenvalue weighted by molar-refractivity contribution is 6.31. The van der Waals surface area contributed by atoms with Crippen LogP contribution in [0.2, 0.25) is 5.02 Å². The lowest BCUT2D eigenvalue weighted by molar-refractivity contribution is -0.140. The molecule has 3 fully saturated rings. The maximum Gasteiger partial charge on any atom is 0.254 e. The summed E-state index contributed by atoms with van der Waals surface area (Å²) in [4.78, 5) is 25.8. The number of rotatable bonds is 4. The molecule has 26 heavy (non-hydrogen) atoms. The second-order valence-electron chi connectivity index (χ2n) is 7.50. The van der Waals surface area contributed by atoms with Gasteiger partial charge in [-0.15, -0.1) is 0 Å². The van der Waals surface area contributed by atoms with Gasteiger partial charge in [0.25, 0.3) is 11.8 Å². The van der Waals surface area contributed by atoms with Gasteiger partial charge in [-0.25, -0.2) is 0 Å². The molecular formula is C20H19ClN2O3. The number of benzene rings is 1. The molecule has 1 aliphatic heterocycles. The van der Waals surface area contributed by atoms with Gasteiger partial charge < -0.3 is 4.74 Å². The van der Waals surface area contributed by atoms with Crippen LogP contribution in [0.25, 0.3) is 0 Å². The van der Waals surface area contributed by atoms with Crippen LogP contribution in [0.4, 0.5) is 0 Å². The van der Waals surface area contributed by atoms with Crippen LogP contribution in [0.5, 0.6) is 5.75 Å². The van der Waals surface area contributed by atoms with Gasteiger partial charge in [0.05, 0.1) is 24.7 Å². The minimum atomic E-state index is -0.232. The first-order valence-corrected chi connectivity index (χ1v) is 9.50. The Hall–Kier alpha value is -2.14. The first-order chi connectivity index (χ1) is 12.6. The summed E-state index contributed by atoms with van der Waals surface area (Å²) in [5, 5.41) is 5.86. The molecule has 0 aromatic heterocycles. The van der Waals surface area contributed by atoms with Gasteiger partial charge in [0, 0.05) is 10.6 Å². The number of carbonyl (C=O) groups excluding carboxylic acids is 2. The van der Waals surface area contributed by atoms with Gasteiger partial charge in [-0.2, -0.15) is 10.1 Å². The molecule has 6 rings (SSSR count). The lowest BCUT2D eigenvalue weighted by atomic mass is 9.63. The number of hydrogen-bond donors (Lipinski definition) is 0. The number of amides is 2. The van der Waals surface area contributed by atoms with Crippen LogP contribution in [0.15, 0.2) is 35.5 Å². The van der Waals surface area contributed by atoms with E-state index in [4.69, 9.17) is 16.3 Å². The van der Waals surface area contributed by atoms with Crippen molar-refractivity contribution in [2.75, 3.05) is 6.61 Å². The zero-order valence-corrected chi connectivity index (χ0v) is 15.1. The number of imide groups is 1. The zero-order valence-electron chi connectivity index (χ0n) is 14.3. The lowest BCUT2D eigenvalue weighted by Crippen LogP contribution is -2.40. The Labute approximate surface area is 156 Å². The second-order valence-corrected chi connectivity index (χ2v) is 7.94. The van der Waals surface area contributed by atoms with E-state index < -0.39 is 0 Å². The fraction of sp³-hybridized carbons (Fsp3) is 0.450. The van der Waals surface area contributed by atoms with E-state index >= 15 is 0 Å². The van der Waals surface area contributed by atoms with Crippen molar-refractivity contribution in [3.63, 3.8) is 0 Å². The molecule has 2 bridgehead atoms. The largest absolute Gasteiger partial charge is 0.493 e. The highest BCUT2D eigenvalue weighted by atomic mass is 35.5. The van der Waals surface area contributed by atoms with E-state index in [1.165, 1.54) is 6.21 Å². The van der Waals surface area contributed by atoms with Gasteiger partial charge in [-0.05, 0) is 55.2 Å². The van der Waals surface area contributed by atoms with E-state index in [1.807, 2.05) is 6.92 Å². The van der Waals surface area contributed by atoms with Crippen LogP contribution in [0, 0.1) is 35.5 Å². The van der Waals surface area contributed by atoms with Crippen molar-refractivity contribution in [3.8, 4) is 5.75 Å². The summed E-state index contributed by atoms with van der Waals surface area (Å²) in [6.45, 7) is 2.40. The van der Waals surface area contributed by atoms with Gasteiger partial charge in [0.2, 0.25) is 0 Å². The highest BCUT2D eigenvalue weighted by Gasteiger charge is 2.67. The quantitative estimate of drug-likeness (QED) is 0.465. The third-order valence-electron chi connectivity index (χ3n) is 6.22. The van der Waals surface area contributed by atoms with Gasteiger partial charge in [-0.1, -0.05) is 23.8 Å². The van der Waals surface area contributed by atoms with Crippen LogP contribution >= 0.6 is 11.6 Å². The smallest absolute Gasteiger partial charge is 0.254 e. The average Bonchev–Trinajstić information content (AvgIpc) is 3.41. The Morgan fingerprint density at radius 3 is 2.46 bits per heavy atom. The summed E-state index contributed by atoms with van der Waals surface area (Å²) in [7, 11) is 0. The molecule has 5 aliphatic rings. The molecule has 0 unspecified atom stereocenters. The molecule has 6 atom stereocenters. The Morgan fingerprint density at radius 1 is 1.19 bits per heavy atom. The summed E-state index contributed by atoms with van der Waals surface area (Å²) >= 11 is 6.06. The molecule has 5 nitrogen and oxygen atoms in total. The monoisotopic (exact) mass is 370 g/mol. The molecule has 0 radical (unpaired) electrons. The molecule has 0 spiro atoms. The number of hydrogen-bond acceptors (Lipinski definition) is 4. The fourth-order valence-electron chi connectivity index (χ4n) is 5.08. The summed E-state index contributed by atoms with van der Waals surface area (Å²) < 4.78 is 5.57. The summed E-state index contributed by atoms with van der Waals surface area (Å²) in [5.41, 5.74) is 0.652. The second kappa shape index (κ2) is 5.68. The van der Waals surface area contributed by atoms with E-state index in [0.29, 0.717) is 34.8 Å². The molecule has 1 heterocycles. The number of halogens is 1. The lowest BCUT2D eigenvalue weighted by Gasteiger charge is -2.37. The molecule has 134 valence electrons. The Morgan fingerprint density at radius 2 is 1.85 bits per heavy atom. The van der Waals surface area contributed by atoms with Crippen molar-refractivity contribution in [3.05, 3.63) is 40.9 Å². The number of carbonyl (C=O) groups is 2. The predicted molar refractivity (Wildman–Crippen MR) is 96.8 cm³/mol. The molecular weight excluding hydrogens is 352 g/mol. The molecule has 2 amide bonds. The van der Waals surface area contributed by atoms with Crippen molar-refractivity contribution >= 4 is 29.6 Å². The van der Waals surface area contributed by atoms with Crippen LogP contribution in [-0.2, 0) is 9.59 Å². The molecule has 4 aliphatic carbocycles. The average molecular weight is 371 g/mol. The van der Waals surface area contributed by atoms with E-state index in [9.17, 15) is 9.59 Å². The van der Waals surface area contributed by atoms with Crippen molar-refractivity contribution in [1.82, 2.24) is 5.01 Å².